The lowest BCUT2D eigenvalue weighted by atomic mass is 10.2. The Balaban J connectivity index is 1.89. The topological polar surface area (TPSA) is 79.8 Å². The monoisotopic (exact) mass is 389 g/mol. The number of hydrogen-bond acceptors (Lipinski definition) is 4. The molecule has 0 atom stereocenters. The van der Waals surface area contributed by atoms with E-state index in [2.05, 4.69) is 15.6 Å². The van der Waals surface area contributed by atoms with Crippen molar-refractivity contribution in [2.24, 2.45) is 4.99 Å². The smallest absolute Gasteiger partial charge is 0.191 e. The number of rotatable bonds is 9. The molecule has 0 aliphatic rings. The maximum absolute atomic E-state index is 12.3. The van der Waals surface area contributed by atoms with E-state index in [9.17, 15) is 8.42 Å². The molecule has 0 radical (unpaired) electrons. The Kier molecular flexibility index (Phi) is 8.13. The molecule has 2 aromatic carbocycles. The average Bonchev–Trinajstić information content (AvgIpc) is 2.70. The zero-order valence-corrected chi connectivity index (χ0v) is 16.6. The second-order valence-electron chi connectivity index (χ2n) is 5.92. The van der Waals surface area contributed by atoms with Crippen molar-refractivity contribution in [1.82, 2.24) is 10.6 Å². The van der Waals surface area contributed by atoms with Crippen molar-refractivity contribution in [2.45, 2.75) is 24.8 Å². The van der Waals surface area contributed by atoms with Gasteiger partial charge >= 0.3 is 0 Å². The highest BCUT2D eigenvalue weighted by atomic mass is 32.2. The fourth-order valence-electron chi connectivity index (χ4n) is 2.55. The fourth-order valence-corrected chi connectivity index (χ4v) is 3.89. The molecule has 0 fully saturated rings. The van der Waals surface area contributed by atoms with Crippen molar-refractivity contribution in [3.05, 3.63) is 60.2 Å². The van der Waals surface area contributed by atoms with Crippen LogP contribution in [0.1, 0.15) is 18.9 Å². The van der Waals surface area contributed by atoms with Gasteiger partial charge in [0.2, 0.25) is 0 Å². The Morgan fingerprint density at radius 1 is 1.04 bits per heavy atom. The second kappa shape index (κ2) is 10.6. The number of methoxy groups -OCH3 is 1. The summed E-state index contributed by atoms with van der Waals surface area (Å²) >= 11 is 0. The van der Waals surface area contributed by atoms with Gasteiger partial charge in [0.25, 0.3) is 0 Å². The number of sulfone groups is 1. The SMILES string of the molecule is CCNC(=NCc1ccccc1OC)NCCCS(=O)(=O)c1ccccc1. The summed E-state index contributed by atoms with van der Waals surface area (Å²) in [6, 6.07) is 16.3. The molecule has 0 aromatic heterocycles. The predicted molar refractivity (Wildman–Crippen MR) is 109 cm³/mol. The Hall–Kier alpha value is -2.54. The molecule has 146 valence electrons. The number of hydrogen-bond donors (Lipinski definition) is 2. The highest BCUT2D eigenvalue weighted by Gasteiger charge is 2.13. The minimum atomic E-state index is -3.25. The van der Waals surface area contributed by atoms with Crippen LogP contribution in [0.3, 0.4) is 0 Å². The summed E-state index contributed by atoms with van der Waals surface area (Å²) in [5.41, 5.74) is 0.990. The largest absolute Gasteiger partial charge is 0.496 e. The van der Waals surface area contributed by atoms with E-state index < -0.39 is 9.84 Å². The first-order chi connectivity index (χ1) is 13.1. The molecule has 0 saturated heterocycles. The van der Waals surface area contributed by atoms with Crippen LogP contribution in [0.15, 0.2) is 64.5 Å². The second-order valence-corrected chi connectivity index (χ2v) is 8.03. The Morgan fingerprint density at radius 3 is 2.44 bits per heavy atom. The normalized spacial score (nSPS) is 11.9. The predicted octanol–water partition coefficient (Wildman–Crippen LogP) is 2.61. The van der Waals surface area contributed by atoms with Crippen molar-refractivity contribution >= 4 is 15.8 Å². The molecule has 0 bridgehead atoms. The van der Waals surface area contributed by atoms with Crippen LogP contribution >= 0.6 is 0 Å². The van der Waals surface area contributed by atoms with E-state index in [0.29, 0.717) is 30.4 Å². The standard InChI is InChI=1S/C20H27N3O3S/c1-3-21-20(23-16-17-10-7-8-13-19(17)26-2)22-14-9-15-27(24,25)18-11-5-4-6-12-18/h4-8,10-13H,3,9,14-16H2,1-2H3,(H2,21,22,23). The molecule has 0 saturated carbocycles. The Morgan fingerprint density at radius 2 is 1.74 bits per heavy atom. The van der Waals surface area contributed by atoms with E-state index in [1.165, 1.54) is 0 Å². The summed E-state index contributed by atoms with van der Waals surface area (Å²) in [6.07, 6.45) is 0.496. The third kappa shape index (κ3) is 6.60. The van der Waals surface area contributed by atoms with Crippen molar-refractivity contribution in [2.75, 3.05) is 26.0 Å². The van der Waals surface area contributed by atoms with Crippen LogP contribution in [-0.2, 0) is 16.4 Å². The Bertz CT molecular complexity index is 837. The van der Waals surface area contributed by atoms with Gasteiger partial charge < -0.3 is 15.4 Å². The van der Waals surface area contributed by atoms with E-state index in [-0.39, 0.29) is 5.75 Å². The van der Waals surface area contributed by atoms with Crippen molar-refractivity contribution in [3.63, 3.8) is 0 Å². The molecule has 2 aromatic rings. The average molecular weight is 390 g/mol. The van der Waals surface area contributed by atoms with Gasteiger partial charge in [0.1, 0.15) is 5.75 Å². The number of aliphatic imine (C=N–C) groups is 1. The third-order valence-corrected chi connectivity index (χ3v) is 5.75. The fraction of sp³-hybridized carbons (Fsp3) is 0.350. The first kappa shape index (κ1) is 20.8. The van der Waals surface area contributed by atoms with Crippen LogP contribution < -0.4 is 15.4 Å². The molecule has 6 nitrogen and oxygen atoms in total. The van der Waals surface area contributed by atoms with Crippen LogP contribution in [0, 0.1) is 0 Å². The summed E-state index contributed by atoms with van der Waals surface area (Å²) in [5.74, 6) is 1.54. The maximum atomic E-state index is 12.3. The zero-order valence-electron chi connectivity index (χ0n) is 15.8. The van der Waals surface area contributed by atoms with Crippen molar-refractivity contribution in [3.8, 4) is 5.75 Å². The van der Waals surface area contributed by atoms with Gasteiger partial charge in [0.15, 0.2) is 15.8 Å². The van der Waals surface area contributed by atoms with E-state index >= 15 is 0 Å². The number of guanidine groups is 1. The van der Waals surface area contributed by atoms with Crippen LogP contribution in [0.2, 0.25) is 0 Å². The summed E-state index contributed by atoms with van der Waals surface area (Å²) in [6.45, 7) is 3.70. The van der Waals surface area contributed by atoms with Gasteiger partial charge in [-0.25, -0.2) is 13.4 Å². The van der Waals surface area contributed by atoms with Gasteiger partial charge in [-0.15, -0.1) is 0 Å². The van der Waals surface area contributed by atoms with Crippen molar-refractivity contribution in [1.29, 1.82) is 0 Å². The number of para-hydroxylation sites is 1. The lowest BCUT2D eigenvalue weighted by molar-refractivity contribution is 0.410. The molecule has 2 N–H and O–H groups in total. The lowest BCUT2D eigenvalue weighted by Crippen LogP contribution is -2.38. The number of nitrogens with one attached hydrogen (secondary N) is 2. The van der Waals surface area contributed by atoms with E-state index in [1.807, 2.05) is 37.3 Å². The van der Waals surface area contributed by atoms with Gasteiger partial charge in [-0.05, 0) is 31.5 Å². The molecule has 0 amide bonds. The minimum Gasteiger partial charge on any atom is -0.496 e. The van der Waals surface area contributed by atoms with Gasteiger partial charge in [-0.3, -0.25) is 0 Å². The number of benzene rings is 2. The molecule has 0 spiro atoms. The summed E-state index contributed by atoms with van der Waals surface area (Å²) in [4.78, 5) is 4.91. The minimum absolute atomic E-state index is 0.0932. The van der Waals surface area contributed by atoms with Crippen LogP contribution in [0.5, 0.6) is 5.75 Å². The van der Waals surface area contributed by atoms with Gasteiger partial charge in [-0.2, -0.15) is 0 Å². The maximum Gasteiger partial charge on any atom is 0.191 e. The molecule has 27 heavy (non-hydrogen) atoms. The molecular weight excluding hydrogens is 362 g/mol. The highest BCUT2D eigenvalue weighted by Crippen LogP contribution is 2.17. The van der Waals surface area contributed by atoms with Crippen molar-refractivity contribution < 1.29 is 13.2 Å². The summed E-state index contributed by atoms with van der Waals surface area (Å²) in [5, 5.41) is 6.35. The molecule has 0 unspecified atom stereocenters. The number of ether oxygens (including phenoxy) is 1. The molecule has 7 heteroatoms. The van der Waals surface area contributed by atoms with Gasteiger partial charge in [-0.1, -0.05) is 36.4 Å². The van der Waals surface area contributed by atoms with E-state index in [0.717, 1.165) is 17.9 Å². The molecule has 0 heterocycles. The summed E-state index contributed by atoms with van der Waals surface area (Å²) < 4.78 is 29.9. The highest BCUT2D eigenvalue weighted by molar-refractivity contribution is 7.91. The first-order valence-electron chi connectivity index (χ1n) is 8.98. The summed E-state index contributed by atoms with van der Waals surface area (Å²) in [7, 11) is -1.61. The third-order valence-electron chi connectivity index (χ3n) is 3.93. The quantitative estimate of drug-likeness (QED) is 0.391. The molecule has 0 aliphatic carbocycles. The van der Waals surface area contributed by atoms with E-state index in [1.54, 1.807) is 31.4 Å². The molecule has 0 aliphatic heterocycles. The lowest BCUT2D eigenvalue weighted by Gasteiger charge is -2.12. The first-order valence-corrected chi connectivity index (χ1v) is 10.6. The Labute approximate surface area is 161 Å². The van der Waals surface area contributed by atoms with Crippen LogP contribution in [0.25, 0.3) is 0 Å². The van der Waals surface area contributed by atoms with Crippen LogP contribution in [-0.4, -0.2) is 40.3 Å². The molecule has 2 rings (SSSR count). The molecular formula is C20H27N3O3S. The zero-order chi connectivity index (χ0) is 19.5. The van der Waals surface area contributed by atoms with Gasteiger partial charge in [0, 0.05) is 18.7 Å². The van der Waals surface area contributed by atoms with E-state index in [4.69, 9.17) is 4.74 Å². The number of nitrogens with zero attached hydrogens (tertiary/aromatic N) is 1. The van der Waals surface area contributed by atoms with Crippen LogP contribution in [0.4, 0.5) is 0 Å². The van der Waals surface area contributed by atoms with Gasteiger partial charge in [0.05, 0.1) is 24.3 Å².